The number of ketones is 2. The molecule has 0 unspecified atom stereocenters. The van der Waals surface area contributed by atoms with Crippen molar-refractivity contribution in [2.75, 3.05) is 19.8 Å². The molecule has 0 bridgehead atoms. The van der Waals surface area contributed by atoms with Crippen LogP contribution in [0.25, 0.3) is 0 Å². The van der Waals surface area contributed by atoms with Gasteiger partial charge in [0.1, 0.15) is 0 Å². The van der Waals surface area contributed by atoms with Crippen molar-refractivity contribution in [2.24, 2.45) is 0 Å². The fraction of sp³-hybridized carbons (Fsp3) is 0.158. The highest BCUT2D eigenvalue weighted by Gasteiger charge is 2.19. The zero-order chi connectivity index (χ0) is 21.0. The number of rotatable bonds is 8. The van der Waals surface area contributed by atoms with Crippen LogP contribution in [0.2, 0.25) is 0 Å². The maximum Gasteiger partial charge on any atom is 0.269 e. The first-order chi connectivity index (χ1) is 13.8. The first-order valence-corrected chi connectivity index (χ1v) is 8.55. The van der Waals surface area contributed by atoms with Crippen molar-refractivity contribution < 1.29 is 19.4 Å². The number of hydrogen-bond acceptors (Lipinski definition) is 8. The van der Waals surface area contributed by atoms with E-state index in [4.69, 9.17) is 0 Å². The lowest BCUT2D eigenvalue weighted by Gasteiger charge is -2.20. The molecule has 29 heavy (non-hydrogen) atoms. The first-order valence-electron chi connectivity index (χ1n) is 8.55. The van der Waals surface area contributed by atoms with E-state index in [-0.39, 0.29) is 36.0 Å². The third-order valence-electron chi connectivity index (χ3n) is 4.35. The molecular formula is C19H16N4O6. The van der Waals surface area contributed by atoms with Crippen molar-refractivity contribution >= 4 is 22.9 Å². The van der Waals surface area contributed by atoms with Gasteiger partial charge in [0.15, 0.2) is 11.6 Å². The van der Waals surface area contributed by atoms with Crippen LogP contribution in [0.1, 0.15) is 20.7 Å². The quantitative estimate of drug-likeness (QED) is 0.378. The third kappa shape index (κ3) is 4.80. The zero-order valence-electron chi connectivity index (χ0n) is 15.1. The number of non-ortho nitro benzene ring substituents is 2. The van der Waals surface area contributed by atoms with Crippen molar-refractivity contribution in [3.63, 3.8) is 0 Å². The van der Waals surface area contributed by atoms with Gasteiger partial charge in [-0.1, -0.05) is 0 Å². The lowest BCUT2D eigenvalue weighted by molar-refractivity contribution is -0.385. The SMILES string of the molecule is O=C(CN1C=CN(CC(=O)c2ccc([N+](=O)[O-])cc2)C1)c1ccc([N+](=O)[O-])cc1. The molecule has 148 valence electrons. The van der Waals surface area contributed by atoms with Gasteiger partial charge in [-0.2, -0.15) is 0 Å². The van der Waals surface area contributed by atoms with Crippen LogP contribution in [0.4, 0.5) is 11.4 Å². The Labute approximate surface area is 164 Å². The van der Waals surface area contributed by atoms with Crippen molar-refractivity contribution in [2.45, 2.75) is 0 Å². The second-order valence-electron chi connectivity index (χ2n) is 6.39. The molecule has 2 aromatic carbocycles. The van der Waals surface area contributed by atoms with Gasteiger partial charge in [-0.05, 0) is 24.3 Å². The Balaban J connectivity index is 1.52. The fourth-order valence-electron chi connectivity index (χ4n) is 2.81. The number of hydrogen-bond donors (Lipinski definition) is 0. The fourth-order valence-corrected chi connectivity index (χ4v) is 2.81. The predicted molar refractivity (Wildman–Crippen MR) is 102 cm³/mol. The molecule has 0 amide bonds. The molecule has 3 rings (SSSR count). The van der Waals surface area contributed by atoms with Crippen LogP contribution in [-0.4, -0.2) is 51.0 Å². The van der Waals surface area contributed by atoms with E-state index < -0.39 is 9.85 Å². The molecule has 0 N–H and O–H groups in total. The van der Waals surface area contributed by atoms with Crippen LogP contribution in [-0.2, 0) is 0 Å². The number of benzene rings is 2. The van der Waals surface area contributed by atoms with Gasteiger partial charge >= 0.3 is 0 Å². The van der Waals surface area contributed by atoms with Crippen LogP contribution in [0.3, 0.4) is 0 Å². The Morgan fingerprint density at radius 1 is 0.724 bits per heavy atom. The standard InChI is InChI=1S/C19H16N4O6/c24-18(14-1-5-16(6-2-14)22(26)27)11-20-9-10-21(13-20)12-19(25)15-3-7-17(8-4-15)23(28)29/h1-10H,11-13H2. The molecule has 0 aliphatic carbocycles. The monoisotopic (exact) mass is 396 g/mol. The summed E-state index contributed by atoms with van der Waals surface area (Å²) >= 11 is 0. The number of Topliss-reactive ketones (excluding diaryl/α,β-unsaturated/α-hetero) is 2. The van der Waals surface area contributed by atoms with Crippen LogP contribution in [0.5, 0.6) is 0 Å². The maximum absolute atomic E-state index is 12.3. The van der Waals surface area contributed by atoms with Gasteiger partial charge in [0.05, 0.1) is 29.6 Å². The molecule has 0 fully saturated rings. The van der Waals surface area contributed by atoms with E-state index >= 15 is 0 Å². The Kier molecular flexibility index (Phi) is 5.63. The molecule has 0 saturated heterocycles. The molecule has 10 heteroatoms. The summed E-state index contributed by atoms with van der Waals surface area (Å²) in [6.45, 7) is 0.463. The summed E-state index contributed by atoms with van der Waals surface area (Å²) in [6.07, 6.45) is 3.37. The molecule has 0 saturated carbocycles. The Bertz CT molecular complexity index is 905. The molecule has 2 aromatic rings. The van der Waals surface area contributed by atoms with Gasteiger partial charge in [-0.15, -0.1) is 0 Å². The van der Waals surface area contributed by atoms with E-state index in [2.05, 4.69) is 0 Å². The Hall–Kier alpha value is -4.08. The molecule has 1 aliphatic heterocycles. The zero-order valence-corrected chi connectivity index (χ0v) is 15.1. The van der Waals surface area contributed by atoms with E-state index in [1.165, 1.54) is 48.5 Å². The van der Waals surface area contributed by atoms with Crippen LogP contribution >= 0.6 is 0 Å². The van der Waals surface area contributed by atoms with E-state index in [9.17, 15) is 29.8 Å². The second-order valence-corrected chi connectivity index (χ2v) is 6.39. The van der Waals surface area contributed by atoms with E-state index in [0.717, 1.165) is 0 Å². The average molecular weight is 396 g/mol. The number of nitro groups is 2. The van der Waals surface area contributed by atoms with Crippen LogP contribution in [0, 0.1) is 20.2 Å². The number of carbonyl (C=O) groups excluding carboxylic acids is 2. The molecule has 0 radical (unpaired) electrons. The van der Waals surface area contributed by atoms with Crippen molar-refractivity contribution in [3.8, 4) is 0 Å². The molecule has 1 aliphatic rings. The minimum atomic E-state index is -0.530. The number of carbonyl (C=O) groups is 2. The molecular weight excluding hydrogens is 380 g/mol. The summed E-state index contributed by atoms with van der Waals surface area (Å²) in [7, 11) is 0. The third-order valence-corrected chi connectivity index (χ3v) is 4.35. The summed E-state index contributed by atoms with van der Waals surface area (Å²) in [6, 6.07) is 10.8. The molecule has 10 nitrogen and oxygen atoms in total. The summed E-state index contributed by atoms with van der Waals surface area (Å²) in [5.41, 5.74) is 0.561. The second kappa shape index (κ2) is 8.30. The molecule has 0 aromatic heterocycles. The molecule has 1 heterocycles. The van der Waals surface area contributed by atoms with Crippen LogP contribution < -0.4 is 0 Å². The van der Waals surface area contributed by atoms with Gasteiger partial charge in [0.25, 0.3) is 11.4 Å². The minimum absolute atomic E-state index is 0.0660. The van der Waals surface area contributed by atoms with Gasteiger partial charge < -0.3 is 9.80 Å². The van der Waals surface area contributed by atoms with Gasteiger partial charge in [0, 0.05) is 47.8 Å². The predicted octanol–water partition coefficient (Wildman–Crippen LogP) is 2.61. The van der Waals surface area contributed by atoms with Gasteiger partial charge in [-0.3, -0.25) is 29.8 Å². The van der Waals surface area contributed by atoms with E-state index in [1.54, 1.807) is 22.2 Å². The largest absolute Gasteiger partial charge is 0.351 e. The summed E-state index contributed by atoms with van der Waals surface area (Å²) < 4.78 is 0. The molecule has 0 atom stereocenters. The van der Waals surface area contributed by atoms with E-state index in [0.29, 0.717) is 17.8 Å². The van der Waals surface area contributed by atoms with Crippen molar-refractivity contribution in [1.29, 1.82) is 0 Å². The highest BCUT2D eigenvalue weighted by molar-refractivity contribution is 5.98. The van der Waals surface area contributed by atoms with Gasteiger partial charge in [0.2, 0.25) is 0 Å². The first kappa shape index (κ1) is 19.7. The smallest absolute Gasteiger partial charge is 0.269 e. The lowest BCUT2D eigenvalue weighted by atomic mass is 10.1. The average Bonchev–Trinajstić information content (AvgIpc) is 3.14. The van der Waals surface area contributed by atoms with Crippen LogP contribution in [0.15, 0.2) is 60.9 Å². The summed E-state index contributed by atoms with van der Waals surface area (Å²) in [5, 5.41) is 21.3. The summed E-state index contributed by atoms with van der Waals surface area (Å²) in [4.78, 5) is 48.4. The van der Waals surface area contributed by atoms with Crippen molar-refractivity contribution in [3.05, 3.63) is 92.3 Å². The lowest BCUT2D eigenvalue weighted by Crippen LogP contribution is -2.32. The van der Waals surface area contributed by atoms with E-state index in [1.807, 2.05) is 0 Å². The highest BCUT2D eigenvalue weighted by Crippen LogP contribution is 2.16. The molecule has 0 spiro atoms. The number of nitro benzene ring substituents is 2. The summed E-state index contributed by atoms with van der Waals surface area (Å²) in [5.74, 6) is -0.402. The number of nitrogens with zero attached hydrogens (tertiary/aromatic N) is 4. The Morgan fingerprint density at radius 3 is 1.38 bits per heavy atom. The Morgan fingerprint density at radius 2 is 1.07 bits per heavy atom. The topological polar surface area (TPSA) is 127 Å². The maximum atomic E-state index is 12.3. The van der Waals surface area contributed by atoms with Crippen molar-refractivity contribution in [1.82, 2.24) is 9.80 Å². The highest BCUT2D eigenvalue weighted by atomic mass is 16.6. The minimum Gasteiger partial charge on any atom is -0.351 e. The normalized spacial score (nSPS) is 12.8. The van der Waals surface area contributed by atoms with Gasteiger partial charge in [-0.25, -0.2) is 0 Å².